The van der Waals surface area contributed by atoms with Crippen molar-refractivity contribution in [1.82, 2.24) is 0 Å². The highest BCUT2D eigenvalue weighted by Crippen LogP contribution is 2.19. The van der Waals surface area contributed by atoms with E-state index in [1.165, 1.54) is 0 Å². The third kappa shape index (κ3) is 8.62. The zero-order valence-corrected chi connectivity index (χ0v) is 13.2. The number of hydrogen-bond acceptors (Lipinski definition) is 4. The molecule has 0 saturated carbocycles. The van der Waals surface area contributed by atoms with Gasteiger partial charge in [-0.15, -0.1) is 0 Å². The molecule has 112 valence electrons. The van der Waals surface area contributed by atoms with Crippen LogP contribution in [0.1, 0.15) is 73.6 Å². The molecule has 0 aliphatic carbocycles. The molecule has 0 heterocycles. The van der Waals surface area contributed by atoms with E-state index in [0.29, 0.717) is 0 Å². The zero-order valence-electron chi connectivity index (χ0n) is 13.2. The van der Waals surface area contributed by atoms with Gasteiger partial charge in [-0.25, -0.2) is 0 Å². The summed E-state index contributed by atoms with van der Waals surface area (Å²) in [6, 6.07) is 0. The fraction of sp³-hybridized carbons (Fsp3) is 0.867. The fourth-order valence-electron chi connectivity index (χ4n) is 2.11. The Labute approximate surface area is 116 Å². The maximum absolute atomic E-state index is 11.7. The van der Waals surface area contributed by atoms with Gasteiger partial charge in [-0.3, -0.25) is 9.59 Å². The van der Waals surface area contributed by atoms with E-state index in [2.05, 4.69) is 0 Å². The molecule has 0 amide bonds. The summed E-state index contributed by atoms with van der Waals surface area (Å²) in [5.74, 6) is -1.04. The van der Waals surface area contributed by atoms with Crippen molar-refractivity contribution in [3.63, 3.8) is 0 Å². The first kappa shape index (κ1) is 17.9. The molecule has 0 rings (SSSR count). The fourth-order valence-corrected chi connectivity index (χ4v) is 2.11. The first-order valence-corrected chi connectivity index (χ1v) is 7.05. The van der Waals surface area contributed by atoms with Crippen molar-refractivity contribution in [3.8, 4) is 0 Å². The molecule has 4 nitrogen and oxygen atoms in total. The molecule has 19 heavy (non-hydrogen) atoms. The van der Waals surface area contributed by atoms with Gasteiger partial charge in [-0.05, 0) is 40.5 Å². The highest BCUT2D eigenvalue weighted by molar-refractivity contribution is 5.91. The van der Waals surface area contributed by atoms with Crippen LogP contribution in [0.25, 0.3) is 0 Å². The minimum Gasteiger partial charge on any atom is -0.459 e. The van der Waals surface area contributed by atoms with Crippen molar-refractivity contribution in [1.29, 1.82) is 0 Å². The SMILES string of the molecule is CCCC(C)(C)OC(=O)CC(=O)OC(C)(C)CCC. The minimum absolute atomic E-state index is 0.319. The maximum atomic E-state index is 11.7. The molecule has 0 spiro atoms. The standard InChI is InChI=1S/C15H28O4/c1-7-9-14(3,4)18-12(16)11-13(17)19-15(5,6)10-8-2/h7-11H2,1-6H3. The molecule has 0 radical (unpaired) electrons. The summed E-state index contributed by atoms with van der Waals surface area (Å²) in [5.41, 5.74) is -1.05. The summed E-state index contributed by atoms with van der Waals surface area (Å²) in [5, 5.41) is 0. The van der Waals surface area contributed by atoms with Gasteiger partial charge in [0.25, 0.3) is 0 Å². The highest BCUT2D eigenvalue weighted by atomic mass is 16.6. The lowest BCUT2D eigenvalue weighted by Crippen LogP contribution is -2.32. The number of ether oxygens (including phenoxy) is 2. The molecule has 0 N–H and O–H groups in total. The lowest BCUT2D eigenvalue weighted by atomic mass is 10.0. The van der Waals surface area contributed by atoms with Gasteiger partial charge >= 0.3 is 11.9 Å². The average Bonchev–Trinajstić information content (AvgIpc) is 2.13. The summed E-state index contributed by atoms with van der Waals surface area (Å²) in [4.78, 5) is 23.3. The third-order valence-electron chi connectivity index (χ3n) is 2.77. The van der Waals surface area contributed by atoms with Crippen LogP contribution >= 0.6 is 0 Å². The predicted molar refractivity (Wildman–Crippen MR) is 74.8 cm³/mol. The molecule has 0 fully saturated rings. The lowest BCUT2D eigenvalue weighted by molar-refractivity contribution is -0.168. The molecule has 0 aromatic heterocycles. The lowest BCUT2D eigenvalue weighted by Gasteiger charge is -2.26. The van der Waals surface area contributed by atoms with Crippen LogP contribution in [0, 0.1) is 0 Å². The first-order chi connectivity index (χ1) is 8.62. The monoisotopic (exact) mass is 272 g/mol. The van der Waals surface area contributed by atoms with E-state index in [0.717, 1.165) is 25.7 Å². The second-order valence-electron chi connectivity index (χ2n) is 6.14. The van der Waals surface area contributed by atoms with Gasteiger partial charge in [0.2, 0.25) is 0 Å². The number of carbonyl (C=O) groups is 2. The van der Waals surface area contributed by atoms with Crippen LogP contribution in [0.15, 0.2) is 0 Å². The summed E-state index contributed by atoms with van der Waals surface area (Å²) >= 11 is 0. The van der Waals surface area contributed by atoms with Gasteiger partial charge in [0.15, 0.2) is 0 Å². The molecule has 0 aliphatic rings. The van der Waals surface area contributed by atoms with E-state index in [4.69, 9.17) is 9.47 Å². The summed E-state index contributed by atoms with van der Waals surface area (Å²) < 4.78 is 10.6. The number of rotatable bonds is 8. The normalized spacial score (nSPS) is 12.1. The molecule has 0 atom stereocenters. The maximum Gasteiger partial charge on any atom is 0.317 e. The number of hydrogen-bond donors (Lipinski definition) is 0. The third-order valence-corrected chi connectivity index (χ3v) is 2.77. The topological polar surface area (TPSA) is 52.6 Å². The van der Waals surface area contributed by atoms with Crippen LogP contribution in [0.2, 0.25) is 0 Å². The van der Waals surface area contributed by atoms with Gasteiger partial charge in [-0.2, -0.15) is 0 Å². The van der Waals surface area contributed by atoms with Crippen LogP contribution in [-0.4, -0.2) is 23.1 Å². The van der Waals surface area contributed by atoms with Crippen LogP contribution in [0.4, 0.5) is 0 Å². The molecular weight excluding hydrogens is 244 g/mol. The van der Waals surface area contributed by atoms with Gasteiger partial charge in [-0.1, -0.05) is 26.7 Å². The molecule has 0 bridgehead atoms. The smallest absolute Gasteiger partial charge is 0.317 e. The Morgan fingerprint density at radius 1 is 0.789 bits per heavy atom. The highest BCUT2D eigenvalue weighted by Gasteiger charge is 2.27. The molecule has 0 unspecified atom stereocenters. The first-order valence-electron chi connectivity index (χ1n) is 7.05. The average molecular weight is 272 g/mol. The second kappa shape index (κ2) is 7.51. The van der Waals surface area contributed by atoms with Crippen molar-refractivity contribution < 1.29 is 19.1 Å². The van der Waals surface area contributed by atoms with Gasteiger partial charge < -0.3 is 9.47 Å². The Kier molecular flexibility index (Phi) is 7.09. The summed E-state index contributed by atoms with van der Waals surface area (Å²) in [7, 11) is 0. The minimum atomic E-state index is -0.523. The summed E-state index contributed by atoms with van der Waals surface area (Å²) in [6.07, 6.45) is 3.08. The quantitative estimate of drug-likeness (QED) is 0.500. The van der Waals surface area contributed by atoms with Gasteiger partial charge in [0.1, 0.15) is 17.6 Å². The Bertz CT molecular complexity index is 275. The van der Waals surface area contributed by atoms with E-state index in [9.17, 15) is 9.59 Å². The second-order valence-corrected chi connectivity index (χ2v) is 6.14. The van der Waals surface area contributed by atoms with E-state index in [1.54, 1.807) is 0 Å². The Balaban J connectivity index is 4.23. The van der Waals surface area contributed by atoms with Gasteiger partial charge in [0.05, 0.1) is 0 Å². The number of esters is 2. The van der Waals surface area contributed by atoms with E-state index in [-0.39, 0.29) is 6.42 Å². The van der Waals surface area contributed by atoms with E-state index >= 15 is 0 Å². The van der Waals surface area contributed by atoms with Crippen LogP contribution < -0.4 is 0 Å². The van der Waals surface area contributed by atoms with E-state index in [1.807, 2.05) is 41.5 Å². The van der Waals surface area contributed by atoms with Crippen molar-refractivity contribution in [2.24, 2.45) is 0 Å². The Hall–Kier alpha value is -1.06. The van der Waals surface area contributed by atoms with Crippen molar-refractivity contribution in [2.45, 2.75) is 84.8 Å². The molecule has 0 aromatic carbocycles. The van der Waals surface area contributed by atoms with E-state index < -0.39 is 23.1 Å². The molecular formula is C15H28O4. The summed E-state index contributed by atoms with van der Waals surface area (Å²) in [6.45, 7) is 11.4. The van der Waals surface area contributed by atoms with Crippen molar-refractivity contribution >= 4 is 11.9 Å². The number of carbonyl (C=O) groups excluding carboxylic acids is 2. The van der Waals surface area contributed by atoms with Gasteiger partial charge in [0, 0.05) is 0 Å². The molecule has 0 aliphatic heterocycles. The molecule has 0 saturated heterocycles. The van der Waals surface area contributed by atoms with Crippen LogP contribution in [-0.2, 0) is 19.1 Å². The zero-order chi connectivity index (χ0) is 15.1. The molecule has 0 aromatic rings. The Morgan fingerprint density at radius 2 is 1.11 bits per heavy atom. The predicted octanol–water partition coefficient (Wildman–Crippen LogP) is 3.62. The van der Waals surface area contributed by atoms with Crippen LogP contribution in [0.5, 0.6) is 0 Å². The largest absolute Gasteiger partial charge is 0.459 e. The Morgan fingerprint density at radius 3 is 1.37 bits per heavy atom. The van der Waals surface area contributed by atoms with Crippen molar-refractivity contribution in [3.05, 3.63) is 0 Å². The van der Waals surface area contributed by atoms with Crippen LogP contribution in [0.3, 0.4) is 0 Å². The molecule has 4 heteroatoms. The van der Waals surface area contributed by atoms with Crippen molar-refractivity contribution in [2.75, 3.05) is 0 Å².